The third kappa shape index (κ3) is 4.54. The average Bonchev–Trinajstić information content (AvgIpc) is 2.98. The number of carbonyl (C=O) groups is 1. The number of nitrogens with zero attached hydrogens (tertiary/aromatic N) is 2. The molecule has 0 aliphatic carbocycles. The molecule has 30 heavy (non-hydrogen) atoms. The number of aliphatic imine (C=N–C) groups is 1. The van der Waals surface area contributed by atoms with E-state index >= 15 is 0 Å². The highest BCUT2D eigenvalue weighted by Crippen LogP contribution is 2.42. The Balaban J connectivity index is 1.98. The van der Waals surface area contributed by atoms with Gasteiger partial charge in [0.1, 0.15) is 5.75 Å². The minimum absolute atomic E-state index is 0.0494. The number of halogens is 3. The van der Waals surface area contributed by atoms with Gasteiger partial charge in [-0.25, -0.2) is 0 Å². The third-order valence-electron chi connectivity index (χ3n) is 3.82. The van der Waals surface area contributed by atoms with Crippen molar-refractivity contribution in [3.63, 3.8) is 0 Å². The van der Waals surface area contributed by atoms with Crippen LogP contribution in [0.15, 0.2) is 46.3 Å². The monoisotopic (exact) mass is 439 g/mol. The third-order valence-corrected chi connectivity index (χ3v) is 4.64. The molecule has 1 aliphatic heterocycles. The molecule has 12 heteroatoms. The zero-order valence-electron chi connectivity index (χ0n) is 15.1. The molecule has 2 aromatic rings. The predicted molar refractivity (Wildman–Crippen MR) is 103 cm³/mol. The van der Waals surface area contributed by atoms with Gasteiger partial charge < -0.3 is 15.2 Å². The summed E-state index contributed by atoms with van der Waals surface area (Å²) in [5.74, 6) is -1.31. The van der Waals surface area contributed by atoms with Gasteiger partial charge in [-0.15, -0.1) is 0 Å². The van der Waals surface area contributed by atoms with Gasteiger partial charge >= 0.3 is 6.18 Å². The Labute approximate surface area is 171 Å². The zero-order chi connectivity index (χ0) is 22.1. The molecule has 0 saturated carbocycles. The highest BCUT2D eigenvalue weighted by molar-refractivity contribution is 8.18. The molecule has 3 rings (SSSR count). The van der Waals surface area contributed by atoms with Crippen molar-refractivity contribution in [1.29, 1.82) is 0 Å². The summed E-state index contributed by atoms with van der Waals surface area (Å²) in [6.45, 7) is 0. The Morgan fingerprint density at radius 2 is 1.90 bits per heavy atom. The summed E-state index contributed by atoms with van der Waals surface area (Å²) in [5, 5.41) is 11.0. The van der Waals surface area contributed by atoms with Crippen molar-refractivity contribution < 1.29 is 32.4 Å². The zero-order valence-corrected chi connectivity index (χ0v) is 15.9. The van der Waals surface area contributed by atoms with Crippen LogP contribution in [0, 0.1) is 10.1 Å². The van der Waals surface area contributed by atoms with E-state index in [1.165, 1.54) is 31.4 Å². The fourth-order valence-electron chi connectivity index (χ4n) is 2.50. The van der Waals surface area contributed by atoms with E-state index in [0.29, 0.717) is 17.7 Å². The van der Waals surface area contributed by atoms with Crippen molar-refractivity contribution in [3.05, 3.63) is 62.5 Å². The summed E-state index contributed by atoms with van der Waals surface area (Å²) in [5.41, 5.74) is 4.23. The van der Waals surface area contributed by atoms with Crippen molar-refractivity contribution >= 4 is 34.6 Å². The lowest BCUT2D eigenvalue weighted by atomic mass is 10.1. The van der Waals surface area contributed by atoms with Gasteiger partial charge in [0.25, 0.3) is 11.6 Å². The van der Waals surface area contributed by atoms with Crippen LogP contribution in [0.4, 0.5) is 18.9 Å². The molecule has 1 heterocycles. The molecule has 0 bridgehead atoms. The highest BCUT2D eigenvalue weighted by Gasteiger charge is 2.36. The molecule has 1 aliphatic rings. The molecule has 0 unspecified atom stereocenters. The number of nitro benzene ring substituents is 1. The molecule has 0 atom stereocenters. The van der Waals surface area contributed by atoms with Gasteiger partial charge in [0, 0.05) is 6.07 Å². The molecule has 2 N–H and O–H groups in total. The number of hydrogen-bond donors (Lipinski definition) is 1. The fourth-order valence-corrected chi connectivity index (χ4v) is 3.18. The first-order chi connectivity index (χ1) is 14.1. The van der Waals surface area contributed by atoms with Crippen LogP contribution in [0.1, 0.15) is 11.1 Å². The Hall–Kier alpha value is -3.54. The topological polar surface area (TPSA) is 117 Å². The van der Waals surface area contributed by atoms with Gasteiger partial charge in [-0.2, -0.15) is 18.2 Å². The van der Waals surface area contributed by atoms with E-state index in [0.717, 1.165) is 17.8 Å². The minimum atomic E-state index is -4.79. The first-order valence-electron chi connectivity index (χ1n) is 8.08. The number of nitrogens with two attached hydrogens (primary N) is 1. The molecule has 2 aromatic carbocycles. The Bertz CT molecular complexity index is 1100. The largest absolute Gasteiger partial charge is 0.493 e. The van der Waals surface area contributed by atoms with Crippen LogP contribution in [0.25, 0.3) is 6.08 Å². The Morgan fingerprint density at radius 1 is 1.17 bits per heavy atom. The van der Waals surface area contributed by atoms with E-state index in [-0.39, 0.29) is 21.6 Å². The lowest BCUT2D eigenvalue weighted by Gasteiger charge is -2.15. The number of ether oxygens (including phenoxy) is 2. The van der Waals surface area contributed by atoms with Crippen molar-refractivity contribution in [2.45, 2.75) is 6.18 Å². The second kappa shape index (κ2) is 8.06. The molecule has 0 fully saturated rings. The summed E-state index contributed by atoms with van der Waals surface area (Å²) >= 11 is 0.976. The van der Waals surface area contributed by atoms with E-state index in [4.69, 9.17) is 15.2 Å². The number of thioether (sulfide) groups is 1. The number of amides is 1. The van der Waals surface area contributed by atoms with Gasteiger partial charge in [-0.1, -0.05) is 6.07 Å². The SMILES string of the molecule is COc1cc(/C=C2\SC(N)=NC2=O)ccc1Oc1cc([N+](=O)[O-])ccc1C(F)(F)F. The molecule has 0 radical (unpaired) electrons. The molecule has 156 valence electrons. The maximum atomic E-state index is 13.3. The normalized spacial score (nSPS) is 15.3. The summed E-state index contributed by atoms with van der Waals surface area (Å²) in [6.07, 6.45) is -3.31. The standard InChI is InChI=1S/C18H12F3N3O5S/c1-28-14-6-9(7-15-16(25)23-17(22)30-15)2-5-12(14)29-13-8-10(24(26)27)3-4-11(13)18(19,20)21/h2-8H,1H3,(H2,22,23,25)/b15-7-. The van der Waals surface area contributed by atoms with Crippen LogP contribution in [0.2, 0.25) is 0 Å². The summed E-state index contributed by atoms with van der Waals surface area (Å²) in [6, 6.07) is 6.22. The van der Waals surface area contributed by atoms with E-state index in [1.807, 2.05) is 0 Å². The van der Waals surface area contributed by atoms with Crippen LogP contribution in [-0.4, -0.2) is 23.1 Å². The maximum Gasteiger partial charge on any atom is 0.419 e. The average molecular weight is 439 g/mol. The second-order valence-electron chi connectivity index (χ2n) is 5.81. The number of non-ortho nitro benzene ring substituents is 1. The van der Waals surface area contributed by atoms with Crippen LogP contribution in [-0.2, 0) is 11.0 Å². The van der Waals surface area contributed by atoms with Gasteiger partial charge in [0.2, 0.25) is 0 Å². The second-order valence-corrected chi connectivity index (χ2v) is 6.88. The van der Waals surface area contributed by atoms with E-state index in [9.17, 15) is 28.1 Å². The van der Waals surface area contributed by atoms with Crippen LogP contribution < -0.4 is 15.2 Å². The molecule has 0 spiro atoms. The van der Waals surface area contributed by atoms with Gasteiger partial charge in [0.05, 0.1) is 28.6 Å². The number of benzene rings is 2. The fraction of sp³-hybridized carbons (Fsp3) is 0.111. The summed E-state index contributed by atoms with van der Waals surface area (Å²) in [4.78, 5) is 25.6. The Morgan fingerprint density at radius 3 is 2.47 bits per heavy atom. The van der Waals surface area contributed by atoms with Gasteiger partial charge in [0.15, 0.2) is 16.7 Å². The molecular weight excluding hydrogens is 427 g/mol. The number of hydrogen-bond acceptors (Lipinski definition) is 7. The maximum absolute atomic E-state index is 13.3. The molecule has 8 nitrogen and oxygen atoms in total. The van der Waals surface area contributed by atoms with E-state index < -0.39 is 34.0 Å². The smallest absolute Gasteiger partial charge is 0.419 e. The van der Waals surface area contributed by atoms with E-state index in [2.05, 4.69) is 4.99 Å². The summed E-state index contributed by atoms with van der Waals surface area (Å²) < 4.78 is 50.3. The van der Waals surface area contributed by atoms with Crippen LogP contribution >= 0.6 is 11.8 Å². The van der Waals surface area contributed by atoms with Crippen molar-refractivity contribution in [2.75, 3.05) is 7.11 Å². The molecular formula is C18H12F3N3O5S. The van der Waals surface area contributed by atoms with Gasteiger partial charge in [-0.05, 0) is 41.6 Å². The predicted octanol–water partition coefficient (Wildman–Crippen LogP) is 4.34. The Kier molecular flexibility index (Phi) is 5.69. The van der Waals surface area contributed by atoms with Crippen molar-refractivity contribution in [3.8, 4) is 17.2 Å². The summed E-state index contributed by atoms with van der Waals surface area (Å²) in [7, 11) is 1.27. The number of alkyl halides is 3. The van der Waals surface area contributed by atoms with Crippen LogP contribution in [0.5, 0.6) is 17.2 Å². The number of methoxy groups -OCH3 is 1. The van der Waals surface area contributed by atoms with E-state index in [1.54, 1.807) is 0 Å². The lowest BCUT2D eigenvalue weighted by Crippen LogP contribution is -2.08. The van der Waals surface area contributed by atoms with Crippen molar-refractivity contribution in [2.24, 2.45) is 10.7 Å². The number of rotatable bonds is 5. The quantitative estimate of drug-likeness (QED) is 0.418. The molecule has 0 aromatic heterocycles. The first kappa shape index (κ1) is 21.2. The van der Waals surface area contributed by atoms with Crippen LogP contribution in [0.3, 0.4) is 0 Å². The number of carbonyl (C=O) groups excluding carboxylic acids is 1. The lowest BCUT2D eigenvalue weighted by molar-refractivity contribution is -0.385. The van der Waals surface area contributed by atoms with Crippen molar-refractivity contribution in [1.82, 2.24) is 0 Å². The molecule has 1 amide bonds. The highest BCUT2D eigenvalue weighted by atomic mass is 32.2. The molecule has 0 saturated heterocycles. The minimum Gasteiger partial charge on any atom is -0.493 e. The number of amidine groups is 1. The number of nitro groups is 1. The van der Waals surface area contributed by atoms with Gasteiger partial charge in [-0.3, -0.25) is 14.9 Å². The first-order valence-corrected chi connectivity index (χ1v) is 8.89.